The topological polar surface area (TPSA) is 91.9 Å². The van der Waals surface area contributed by atoms with Crippen LogP contribution >= 0.6 is 0 Å². The summed E-state index contributed by atoms with van der Waals surface area (Å²) in [6.07, 6.45) is 3.66. The van der Waals surface area contributed by atoms with E-state index in [1.165, 1.54) is 0 Å². The SMILES string of the molecule is COC1=N[C@@](C)(CCCCCN=[N+]=[N-])C(OC)=N[C@@H]1C(C)C. The Balaban J connectivity index is 2.74. The lowest BCUT2D eigenvalue weighted by molar-refractivity contribution is 0.302. The molecule has 1 aliphatic rings. The van der Waals surface area contributed by atoms with Crippen molar-refractivity contribution in [3.05, 3.63) is 10.4 Å². The van der Waals surface area contributed by atoms with Gasteiger partial charge in [0.2, 0.25) is 11.8 Å². The Kier molecular flexibility index (Phi) is 7.18. The van der Waals surface area contributed by atoms with E-state index in [1.807, 2.05) is 6.92 Å². The van der Waals surface area contributed by atoms with E-state index in [1.54, 1.807) is 14.2 Å². The van der Waals surface area contributed by atoms with Gasteiger partial charge in [-0.1, -0.05) is 31.8 Å². The van der Waals surface area contributed by atoms with Gasteiger partial charge in [0.25, 0.3) is 0 Å². The average molecular weight is 309 g/mol. The fourth-order valence-electron chi connectivity index (χ4n) is 2.59. The molecule has 0 unspecified atom stereocenters. The lowest BCUT2D eigenvalue weighted by Gasteiger charge is -2.33. The Bertz CT molecular complexity index is 469. The van der Waals surface area contributed by atoms with Crippen molar-refractivity contribution in [2.24, 2.45) is 21.0 Å². The van der Waals surface area contributed by atoms with E-state index >= 15 is 0 Å². The first-order valence-electron chi connectivity index (χ1n) is 7.75. The van der Waals surface area contributed by atoms with Crippen LogP contribution in [0.15, 0.2) is 15.1 Å². The summed E-state index contributed by atoms with van der Waals surface area (Å²) in [5.74, 6) is 1.65. The van der Waals surface area contributed by atoms with Gasteiger partial charge in [0.1, 0.15) is 11.6 Å². The van der Waals surface area contributed by atoms with Gasteiger partial charge in [0, 0.05) is 11.5 Å². The molecule has 0 N–H and O–H groups in total. The standard InChI is InChI=1S/C15H27N5O2/c1-11(2)12-13(21-4)19-15(3,14(18-12)22-5)9-7-6-8-10-17-20-16/h11-12H,6-10H2,1-5H3/t12-,15+/m1/s1. The summed E-state index contributed by atoms with van der Waals surface area (Å²) in [7, 11) is 3.28. The Morgan fingerprint density at radius 3 is 2.55 bits per heavy atom. The molecule has 1 heterocycles. The minimum Gasteiger partial charge on any atom is -0.483 e. The van der Waals surface area contributed by atoms with Crippen LogP contribution in [0, 0.1) is 5.92 Å². The van der Waals surface area contributed by atoms with Crippen molar-refractivity contribution < 1.29 is 9.47 Å². The van der Waals surface area contributed by atoms with Gasteiger partial charge in [-0.15, -0.1) is 0 Å². The molecule has 0 aliphatic carbocycles. The van der Waals surface area contributed by atoms with Crippen molar-refractivity contribution >= 4 is 11.8 Å². The number of methoxy groups -OCH3 is 2. The largest absolute Gasteiger partial charge is 0.483 e. The molecule has 0 radical (unpaired) electrons. The molecule has 0 saturated heterocycles. The van der Waals surface area contributed by atoms with Gasteiger partial charge < -0.3 is 9.47 Å². The van der Waals surface area contributed by atoms with E-state index in [9.17, 15) is 0 Å². The van der Waals surface area contributed by atoms with Crippen molar-refractivity contribution in [3.8, 4) is 0 Å². The van der Waals surface area contributed by atoms with Gasteiger partial charge >= 0.3 is 0 Å². The molecule has 0 spiro atoms. The molecule has 0 fully saturated rings. The highest BCUT2D eigenvalue weighted by atomic mass is 16.5. The molecule has 0 saturated carbocycles. The van der Waals surface area contributed by atoms with Crippen LogP contribution in [0.2, 0.25) is 0 Å². The highest BCUT2D eigenvalue weighted by Crippen LogP contribution is 2.29. The quantitative estimate of drug-likeness (QED) is 0.310. The minimum absolute atomic E-state index is 0.0852. The molecule has 7 heteroatoms. The monoisotopic (exact) mass is 309 g/mol. The number of hydrogen-bond donors (Lipinski definition) is 0. The second-order valence-corrected chi connectivity index (χ2v) is 6.02. The van der Waals surface area contributed by atoms with Gasteiger partial charge in [0.15, 0.2) is 0 Å². The first-order valence-corrected chi connectivity index (χ1v) is 7.75. The summed E-state index contributed by atoms with van der Waals surface area (Å²) in [5.41, 5.74) is 7.77. The van der Waals surface area contributed by atoms with Crippen molar-refractivity contribution in [1.82, 2.24) is 0 Å². The molecule has 124 valence electrons. The smallest absolute Gasteiger partial charge is 0.212 e. The lowest BCUT2D eigenvalue weighted by Crippen LogP contribution is -2.44. The third-order valence-electron chi connectivity index (χ3n) is 3.85. The highest BCUT2D eigenvalue weighted by molar-refractivity contribution is 5.96. The third-order valence-corrected chi connectivity index (χ3v) is 3.85. The second kappa shape index (κ2) is 8.63. The number of hydrogen-bond acceptors (Lipinski definition) is 5. The predicted octanol–water partition coefficient (Wildman–Crippen LogP) is 3.74. The van der Waals surface area contributed by atoms with Gasteiger partial charge in [-0.2, -0.15) is 0 Å². The first kappa shape index (κ1) is 18.3. The molecule has 0 bridgehead atoms. The Hall–Kier alpha value is -1.75. The minimum atomic E-state index is -0.482. The van der Waals surface area contributed by atoms with E-state index in [2.05, 4.69) is 23.9 Å². The second-order valence-electron chi connectivity index (χ2n) is 6.02. The van der Waals surface area contributed by atoms with Crippen LogP contribution in [0.5, 0.6) is 0 Å². The summed E-state index contributed by atoms with van der Waals surface area (Å²) in [5, 5.41) is 3.54. The average Bonchev–Trinajstić information content (AvgIpc) is 2.50. The molecule has 22 heavy (non-hydrogen) atoms. The number of ether oxygens (including phenoxy) is 2. The number of aliphatic imine (C=N–C) groups is 2. The molecule has 0 aromatic heterocycles. The van der Waals surface area contributed by atoms with Crippen LogP contribution in [0.25, 0.3) is 10.4 Å². The zero-order valence-corrected chi connectivity index (χ0v) is 14.2. The summed E-state index contributed by atoms with van der Waals surface area (Å²) in [6, 6.07) is -0.0852. The van der Waals surface area contributed by atoms with Crippen LogP contribution < -0.4 is 0 Å². The van der Waals surface area contributed by atoms with Crippen LogP contribution in [-0.4, -0.2) is 44.1 Å². The molecular formula is C15H27N5O2. The fraction of sp³-hybridized carbons (Fsp3) is 0.867. The van der Waals surface area contributed by atoms with Crippen LogP contribution in [0.1, 0.15) is 46.5 Å². The van der Waals surface area contributed by atoms with Crippen LogP contribution in [0.3, 0.4) is 0 Å². The highest BCUT2D eigenvalue weighted by Gasteiger charge is 2.39. The molecular weight excluding hydrogens is 282 g/mol. The zero-order valence-electron chi connectivity index (χ0n) is 14.2. The maximum atomic E-state index is 8.25. The van der Waals surface area contributed by atoms with E-state index in [0.29, 0.717) is 24.3 Å². The van der Waals surface area contributed by atoms with E-state index in [4.69, 9.17) is 25.0 Å². The van der Waals surface area contributed by atoms with Gasteiger partial charge in [-0.05, 0) is 31.2 Å². The summed E-state index contributed by atoms with van der Waals surface area (Å²) >= 11 is 0. The van der Waals surface area contributed by atoms with Crippen LogP contribution in [0.4, 0.5) is 0 Å². The Labute approximate surface area is 132 Å². The van der Waals surface area contributed by atoms with Gasteiger partial charge in [-0.3, -0.25) is 0 Å². The Morgan fingerprint density at radius 1 is 1.27 bits per heavy atom. The zero-order chi connectivity index (χ0) is 16.6. The summed E-state index contributed by atoms with van der Waals surface area (Å²) in [6.45, 7) is 6.75. The van der Waals surface area contributed by atoms with Crippen molar-refractivity contribution in [1.29, 1.82) is 0 Å². The van der Waals surface area contributed by atoms with Crippen molar-refractivity contribution in [2.75, 3.05) is 20.8 Å². The molecule has 0 amide bonds. The molecule has 0 aromatic rings. The third kappa shape index (κ3) is 4.63. The van der Waals surface area contributed by atoms with Crippen LogP contribution in [-0.2, 0) is 9.47 Å². The van der Waals surface area contributed by atoms with Gasteiger partial charge in [0.05, 0.1) is 14.2 Å². The number of nitrogens with zero attached hydrogens (tertiary/aromatic N) is 5. The molecule has 2 atom stereocenters. The molecule has 1 aliphatic heterocycles. The van der Waals surface area contributed by atoms with Gasteiger partial charge in [-0.25, -0.2) is 9.98 Å². The predicted molar refractivity (Wildman–Crippen MR) is 88.4 cm³/mol. The normalized spacial score (nSPS) is 24.4. The number of unbranched alkanes of at least 4 members (excludes halogenated alkanes) is 2. The fourth-order valence-corrected chi connectivity index (χ4v) is 2.59. The molecule has 0 aromatic carbocycles. The molecule has 1 rings (SSSR count). The maximum Gasteiger partial charge on any atom is 0.212 e. The summed E-state index contributed by atoms with van der Waals surface area (Å²) < 4.78 is 10.9. The van der Waals surface area contributed by atoms with Crippen molar-refractivity contribution in [3.63, 3.8) is 0 Å². The lowest BCUT2D eigenvalue weighted by atomic mass is 9.91. The van der Waals surface area contributed by atoms with Crippen molar-refractivity contribution in [2.45, 2.75) is 58.0 Å². The molecule has 7 nitrogen and oxygen atoms in total. The Morgan fingerprint density at radius 2 is 2.00 bits per heavy atom. The number of rotatable bonds is 7. The van der Waals surface area contributed by atoms with E-state index in [-0.39, 0.29) is 6.04 Å². The first-order chi connectivity index (χ1) is 10.5. The van der Waals surface area contributed by atoms with E-state index < -0.39 is 5.54 Å². The number of azide groups is 1. The maximum absolute atomic E-state index is 8.25. The summed E-state index contributed by atoms with van der Waals surface area (Å²) in [4.78, 5) is 12.2. The van der Waals surface area contributed by atoms with E-state index in [0.717, 1.165) is 25.7 Å².